The zero-order chi connectivity index (χ0) is 23.4. The molecule has 1 aromatic heterocycles. The van der Waals surface area contributed by atoms with Gasteiger partial charge in [-0.1, -0.05) is 6.07 Å². The second kappa shape index (κ2) is 9.45. The number of amides is 2. The lowest BCUT2D eigenvalue weighted by molar-refractivity contribution is -0.121. The number of sulfonamides is 1. The Bertz CT molecular complexity index is 1240. The molecule has 172 valence electrons. The van der Waals surface area contributed by atoms with Crippen molar-refractivity contribution in [3.8, 4) is 0 Å². The molecule has 3 aromatic rings. The van der Waals surface area contributed by atoms with Gasteiger partial charge in [0.15, 0.2) is 5.76 Å². The third kappa shape index (κ3) is 5.23. The maximum absolute atomic E-state index is 13.3. The Morgan fingerprint density at radius 1 is 1.00 bits per heavy atom. The molecular weight excluding hydrogens is 449 g/mol. The van der Waals surface area contributed by atoms with Gasteiger partial charge in [-0.25, -0.2) is 12.8 Å². The highest BCUT2D eigenvalue weighted by Gasteiger charge is 2.33. The van der Waals surface area contributed by atoms with Crippen molar-refractivity contribution in [2.75, 3.05) is 16.6 Å². The summed E-state index contributed by atoms with van der Waals surface area (Å²) in [6, 6.07) is 13.2. The number of halogens is 1. The van der Waals surface area contributed by atoms with Crippen molar-refractivity contribution in [3.05, 3.63) is 78.5 Å². The van der Waals surface area contributed by atoms with Gasteiger partial charge in [-0.3, -0.25) is 14.3 Å². The molecule has 0 spiro atoms. The second-order valence-corrected chi connectivity index (χ2v) is 9.30. The molecule has 1 atom stereocenters. The highest BCUT2D eigenvalue weighted by atomic mass is 32.2. The average Bonchev–Trinajstić information content (AvgIpc) is 3.34. The van der Waals surface area contributed by atoms with Crippen LogP contribution in [-0.4, -0.2) is 37.7 Å². The fraction of sp³-hybridized carbons (Fsp3) is 0.217. The number of benzene rings is 2. The first kappa shape index (κ1) is 22.5. The van der Waals surface area contributed by atoms with Crippen LogP contribution in [0.15, 0.2) is 76.2 Å². The zero-order valence-corrected chi connectivity index (χ0v) is 18.3. The smallest absolute Gasteiger partial charge is 0.290 e. The Morgan fingerprint density at radius 3 is 2.48 bits per heavy atom. The maximum atomic E-state index is 13.3. The van der Waals surface area contributed by atoms with Crippen molar-refractivity contribution in [3.63, 3.8) is 0 Å². The number of likely N-dealkylation sites (tertiary alicyclic amines) is 1. The van der Waals surface area contributed by atoms with Gasteiger partial charge in [0.1, 0.15) is 11.9 Å². The van der Waals surface area contributed by atoms with E-state index in [4.69, 9.17) is 4.42 Å². The van der Waals surface area contributed by atoms with E-state index < -0.39 is 21.9 Å². The summed E-state index contributed by atoms with van der Waals surface area (Å²) in [7, 11) is -3.93. The van der Waals surface area contributed by atoms with Crippen LogP contribution in [0.5, 0.6) is 0 Å². The molecule has 2 amide bonds. The van der Waals surface area contributed by atoms with Gasteiger partial charge in [-0.2, -0.15) is 0 Å². The van der Waals surface area contributed by atoms with Gasteiger partial charge in [-0.15, -0.1) is 0 Å². The first-order valence-electron chi connectivity index (χ1n) is 10.4. The highest BCUT2D eigenvalue weighted by Crippen LogP contribution is 2.23. The highest BCUT2D eigenvalue weighted by molar-refractivity contribution is 7.92. The van der Waals surface area contributed by atoms with Crippen molar-refractivity contribution in [2.45, 2.75) is 30.2 Å². The summed E-state index contributed by atoms with van der Waals surface area (Å²) in [4.78, 5) is 27.1. The molecule has 33 heavy (non-hydrogen) atoms. The summed E-state index contributed by atoms with van der Waals surface area (Å²) in [5, 5.41) is 2.75. The minimum atomic E-state index is -3.93. The number of anilines is 2. The van der Waals surface area contributed by atoms with Crippen LogP contribution in [0.4, 0.5) is 15.8 Å². The molecule has 2 N–H and O–H groups in total. The van der Waals surface area contributed by atoms with Crippen LogP contribution in [0.3, 0.4) is 0 Å². The van der Waals surface area contributed by atoms with E-state index in [1.165, 1.54) is 53.6 Å². The molecule has 1 saturated heterocycles. The fourth-order valence-electron chi connectivity index (χ4n) is 3.70. The van der Waals surface area contributed by atoms with Crippen LogP contribution < -0.4 is 10.0 Å². The van der Waals surface area contributed by atoms with E-state index in [2.05, 4.69) is 10.0 Å². The zero-order valence-electron chi connectivity index (χ0n) is 17.5. The largest absolute Gasteiger partial charge is 0.459 e. The van der Waals surface area contributed by atoms with Gasteiger partial charge >= 0.3 is 0 Å². The van der Waals surface area contributed by atoms with Crippen molar-refractivity contribution in [1.82, 2.24) is 4.90 Å². The number of nitrogens with one attached hydrogen (secondary N) is 2. The number of hydrogen-bond donors (Lipinski definition) is 2. The van der Waals surface area contributed by atoms with E-state index in [-0.39, 0.29) is 28.2 Å². The van der Waals surface area contributed by atoms with Crippen LogP contribution in [0.25, 0.3) is 0 Å². The molecule has 2 heterocycles. The normalized spacial score (nSPS) is 16.3. The van der Waals surface area contributed by atoms with E-state index in [0.29, 0.717) is 18.7 Å². The summed E-state index contributed by atoms with van der Waals surface area (Å²) >= 11 is 0. The van der Waals surface area contributed by atoms with E-state index >= 15 is 0 Å². The molecule has 2 aromatic carbocycles. The van der Waals surface area contributed by atoms with Gasteiger partial charge < -0.3 is 14.6 Å². The van der Waals surface area contributed by atoms with Gasteiger partial charge in [0.25, 0.3) is 15.9 Å². The molecular formula is C23H22FN3O5S. The number of nitrogens with zero attached hydrogens (tertiary/aromatic N) is 1. The lowest BCUT2D eigenvalue weighted by Crippen LogP contribution is -2.49. The number of carbonyl (C=O) groups is 2. The van der Waals surface area contributed by atoms with Crippen molar-refractivity contribution < 1.29 is 26.8 Å². The number of rotatable bonds is 6. The predicted octanol–water partition coefficient (Wildman–Crippen LogP) is 3.85. The van der Waals surface area contributed by atoms with Crippen LogP contribution in [-0.2, 0) is 14.8 Å². The first-order valence-corrected chi connectivity index (χ1v) is 11.9. The Kier molecular flexibility index (Phi) is 6.45. The molecule has 0 aliphatic carbocycles. The minimum absolute atomic E-state index is 0.0444. The van der Waals surface area contributed by atoms with Crippen LogP contribution in [0.1, 0.15) is 29.8 Å². The van der Waals surface area contributed by atoms with Crippen molar-refractivity contribution >= 4 is 33.2 Å². The molecule has 0 radical (unpaired) electrons. The number of piperidine rings is 1. The number of furan rings is 1. The summed E-state index contributed by atoms with van der Waals surface area (Å²) in [6.07, 6.45) is 3.53. The van der Waals surface area contributed by atoms with Crippen molar-refractivity contribution in [1.29, 1.82) is 0 Å². The summed E-state index contributed by atoms with van der Waals surface area (Å²) in [5.41, 5.74) is 0.492. The molecule has 0 saturated carbocycles. The second-order valence-electron chi connectivity index (χ2n) is 7.62. The van der Waals surface area contributed by atoms with Gasteiger partial charge in [0, 0.05) is 12.2 Å². The summed E-state index contributed by atoms with van der Waals surface area (Å²) in [6.45, 7) is 0.445. The first-order chi connectivity index (χ1) is 15.8. The molecule has 1 aliphatic heterocycles. The third-order valence-corrected chi connectivity index (χ3v) is 6.70. The number of carbonyl (C=O) groups excluding carboxylic acids is 2. The van der Waals surface area contributed by atoms with E-state index in [1.54, 1.807) is 12.1 Å². The fourth-order valence-corrected chi connectivity index (χ4v) is 4.75. The lowest BCUT2D eigenvalue weighted by Gasteiger charge is -2.34. The molecule has 1 aliphatic rings. The molecule has 8 nitrogen and oxygen atoms in total. The maximum Gasteiger partial charge on any atom is 0.290 e. The quantitative estimate of drug-likeness (QED) is 0.568. The lowest BCUT2D eigenvalue weighted by atomic mass is 10.0. The monoisotopic (exact) mass is 471 g/mol. The Labute approximate surface area is 190 Å². The Hall–Kier alpha value is -3.66. The van der Waals surface area contributed by atoms with E-state index in [9.17, 15) is 22.4 Å². The van der Waals surface area contributed by atoms with Crippen LogP contribution in [0, 0.1) is 5.82 Å². The Morgan fingerprint density at radius 2 is 1.79 bits per heavy atom. The summed E-state index contributed by atoms with van der Waals surface area (Å²) in [5.74, 6) is -1.08. The third-order valence-electron chi connectivity index (χ3n) is 5.31. The standard InChI is InChI=1S/C23H22FN3O5S/c24-16-5-3-6-18(15-16)26-33(30,31)19-11-9-17(10-12-19)25-22(28)20-7-1-2-13-27(20)23(29)21-8-4-14-32-21/h3-6,8-12,14-15,20,26H,1-2,7,13H2,(H,25,28). The van der Waals surface area contributed by atoms with Gasteiger partial charge in [0.2, 0.25) is 5.91 Å². The molecule has 0 bridgehead atoms. The molecule has 10 heteroatoms. The van der Waals surface area contributed by atoms with Crippen LogP contribution >= 0.6 is 0 Å². The Balaban J connectivity index is 1.44. The van der Waals surface area contributed by atoms with Crippen molar-refractivity contribution in [2.24, 2.45) is 0 Å². The number of hydrogen-bond acceptors (Lipinski definition) is 5. The molecule has 1 unspecified atom stereocenters. The van der Waals surface area contributed by atoms with Gasteiger partial charge in [-0.05, 0) is 73.9 Å². The van der Waals surface area contributed by atoms with E-state index in [0.717, 1.165) is 18.9 Å². The van der Waals surface area contributed by atoms with Crippen LogP contribution in [0.2, 0.25) is 0 Å². The van der Waals surface area contributed by atoms with E-state index in [1.807, 2.05) is 0 Å². The molecule has 4 rings (SSSR count). The topological polar surface area (TPSA) is 109 Å². The minimum Gasteiger partial charge on any atom is -0.459 e. The van der Waals surface area contributed by atoms with Gasteiger partial charge in [0.05, 0.1) is 16.8 Å². The predicted molar refractivity (Wildman–Crippen MR) is 120 cm³/mol. The molecule has 1 fully saturated rings. The average molecular weight is 472 g/mol. The summed E-state index contributed by atoms with van der Waals surface area (Å²) < 4.78 is 45.9. The SMILES string of the molecule is O=C(Nc1ccc(S(=O)(=O)Nc2cccc(F)c2)cc1)C1CCCCN1C(=O)c1ccco1.